The van der Waals surface area contributed by atoms with E-state index in [-0.39, 0.29) is 5.69 Å². The summed E-state index contributed by atoms with van der Waals surface area (Å²) in [7, 11) is 0. The monoisotopic (exact) mass is 349 g/mol. The van der Waals surface area contributed by atoms with Crippen molar-refractivity contribution < 1.29 is 9.53 Å². The van der Waals surface area contributed by atoms with Gasteiger partial charge in [0.05, 0.1) is 17.6 Å². The van der Waals surface area contributed by atoms with Crippen LogP contribution in [-0.4, -0.2) is 29.1 Å². The van der Waals surface area contributed by atoms with E-state index >= 15 is 0 Å². The summed E-state index contributed by atoms with van der Waals surface area (Å²) < 4.78 is 5.15. The van der Waals surface area contributed by atoms with Crippen LogP contribution >= 0.6 is 0 Å². The van der Waals surface area contributed by atoms with E-state index in [1.807, 2.05) is 44.2 Å². The van der Waals surface area contributed by atoms with E-state index < -0.39 is 5.97 Å². The number of carbonyl (C=O) groups excluding carboxylic acids is 1. The molecule has 0 spiro atoms. The number of carbonyl (C=O) groups is 1. The number of hydrogen-bond donors (Lipinski definition) is 1. The maximum Gasteiger partial charge on any atom is 0.360 e. The molecule has 134 valence electrons. The molecule has 3 aromatic rings. The Morgan fingerprint density at radius 3 is 2.35 bits per heavy atom. The highest BCUT2D eigenvalue weighted by atomic mass is 16.5. The minimum atomic E-state index is -0.456. The summed E-state index contributed by atoms with van der Waals surface area (Å²) in [4.78, 5) is 21.5. The second-order valence-corrected chi connectivity index (χ2v) is 6.23. The molecule has 0 saturated heterocycles. The lowest BCUT2D eigenvalue weighted by Gasteiger charge is -2.12. The summed E-state index contributed by atoms with van der Waals surface area (Å²) in [5.74, 6) is 0.0115. The third kappa shape index (κ3) is 3.99. The van der Waals surface area contributed by atoms with Crippen LogP contribution in [0.3, 0.4) is 0 Å². The zero-order valence-electron chi connectivity index (χ0n) is 15.4. The molecule has 1 heterocycles. The quantitative estimate of drug-likeness (QED) is 0.680. The van der Waals surface area contributed by atoms with Crippen LogP contribution in [0.25, 0.3) is 11.0 Å². The first-order chi connectivity index (χ1) is 12.6. The van der Waals surface area contributed by atoms with Crippen LogP contribution in [0.2, 0.25) is 0 Å². The first kappa shape index (κ1) is 17.9. The Bertz CT molecular complexity index is 923. The number of ether oxygens (including phenoxy) is 1. The Morgan fingerprint density at radius 2 is 1.69 bits per heavy atom. The first-order valence-electron chi connectivity index (χ1n) is 8.82. The van der Waals surface area contributed by atoms with Crippen molar-refractivity contribution in [2.75, 3.05) is 18.5 Å². The molecule has 0 aliphatic carbocycles. The summed E-state index contributed by atoms with van der Waals surface area (Å²) in [5, 5.41) is 3.25. The van der Waals surface area contributed by atoms with E-state index in [1.165, 1.54) is 5.56 Å². The molecule has 0 bridgehead atoms. The fourth-order valence-corrected chi connectivity index (χ4v) is 2.75. The van der Waals surface area contributed by atoms with Crippen LogP contribution in [-0.2, 0) is 11.2 Å². The lowest BCUT2D eigenvalue weighted by atomic mass is 10.1. The van der Waals surface area contributed by atoms with Gasteiger partial charge in [0.15, 0.2) is 11.5 Å². The van der Waals surface area contributed by atoms with Gasteiger partial charge < -0.3 is 10.1 Å². The third-order valence-electron chi connectivity index (χ3n) is 4.30. The van der Waals surface area contributed by atoms with Gasteiger partial charge in [-0.3, -0.25) is 0 Å². The topological polar surface area (TPSA) is 64.1 Å². The highest BCUT2D eigenvalue weighted by Crippen LogP contribution is 2.21. The molecule has 0 atom stereocenters. The molecule has 5 nitrogen and oxygen atoms in total. The number of esters is 1. The first-order valence-corrected chi connectivity index (χ1v) is 8.82. The van der Waals surface area contributed by atoms with Crippen molar-refractivity contribution in [3.63, 3.8) is 0 Å². The smallest absolute Gasteiger partial charge is 0.360 e. The number of aromatic nitrogens is 2. The summed E-state index contributed by atoms with van der Waals surface area (Å²) in [6.07, 6.45) is 0.829. The summed E-state index contributed by atoms with van der Waals surface area (Å²) in [6.45, 7) is 6.80. The van der Waals surface area contributed by atoms with Gasteiger partial charge >= 0.3 is 5.97 Å². The number of benzene rings is 2. The van der Waals surface area contributed by atoms with E-state index in [2.05, 4.69) is 27.4 Å². The fraction of sp³-hybridized carbons (Fsp3) is 0.286. The number of fused-ring (bicyclic) bond motifs is 1. The second kappa shape index (κ2) is 7.95. The average molecular weight is 349 g/mol. The fourth-order valence-electron chi connectivity index (χ4n) is 2.75. The molecule has 0 saturated carbocycles. The van der Waals surface area contributed by atoms with Crippen molar-refractivity contribution in [3.8, 4) is 0 Å². The van der Waals surface area contributed by atoms with Crippen molar-refractivity contribution in [2.24, 2.45) is 0 Å². The van der Waals surface area contributed by atoms with E-state index in [4.69, 9.17) is 4.74 Å². The van der Waals surface area contributed by atoms with Gasteiger partial charge in [-0.05, 0) is 56.0 Å². The number of anilines is 1. The molecule has 0 fully saturated rings. The number of hydrogen-bond acceptors (Lipinski definition) is 5. The van der Waals surface area contributed by atoms with Crippen LogP contribution in [0.4, 0.5) is 5.82 Å². The zero-order valence-corrected chi connectivity index (χ0v) is 15.4. The maximum absolute atomic E-state index is 12.3. The summed E-state index contributed by atoms with van der Waals surface area (Å²) >= 11 is 0. The van der Waals surface area contributed by atoms with E-state index in [0.717, 1.165) is 23.1 Å². The van der Waals surface area contributed by atoms with Crippen molar-refractivity contribution in [1.29, 1.82) is 0 Å². The highest BCUT2D eigenvalue weighted by Gasteiger charge is 2.18. The predicted octanol–water partition coefficient (Wildman–Crippen LogP) is 4.08. The van der Waals surface area contributed by atoms with Gasteiger partial charge in [0, 0.05) is 6.54 Å². The number of nitrogens with zero attached hydrogens (tertiary/aromatic N) is 2. The Hall–Kier alpha value is -2.95. The predicted molar refractivity (Wildman–Crippen MR) is 104 cm³/mol. The minimum Gasteiger partial charge on any atom is -0.461 e. The molecule has 0 aliphatic rings. The Morgan fingerprint density at radius 1 is 1.04 bits per heavy atom. The van der Waals surface area contributed by atoms with Crippen LogP contribution in [0.1, 0.15) is 34.1 Å². The van der Waals surface area contributed by atoms with Gasteiger partial charge in [0.1, 0.15) is 0 Å². The maximum atomic E-state index is 12.3. The molecule has 0 radical (unpaired) electrons. The van der Waals surface area contributed by atoms with Crippen LogP contribution in [0, 0.1) is 13.8 Å². The van der Waals surface area contributed by atoms with Crippen molar-refractivity contribution >= 4 is 22.8 Å². The number of nitrogens with one attached hydrogen (secondary N) is 1. The lowest BCUT2D eigenvalue weighted by Crippen LogP contribution is -2.15. The highest BCUT2D eigenvalue weighted by molar-refractivity contribution is 5.95. The molecule has 0 unspecified atom stereocenters. The van der Waals surface area contributed by atoms with Crippen molar-refractivity contribution in [2.45, 2.75) is 27.2 Å². The van der Waals surface area contributed by atoms with E-state index in [0.29, 0.717) is 24.5 Å². The molecule has 0 aliphatic heterocycles. The van der Waals surface area contributed by atoms with Crippen LogP contribution < -0.4 is 5.32 Å². The van der Waals surface area contributed by atoms with Crippen LogP contribution in [0.5, 0.6) is 0 Å². The Labute approximate surface area is 153 Å². The van der Waals surface area contributed by atoms with Gasteiger partial charge in [-0.1, -0.05) is 30.3 Å². The minimum absolute atomic E-state index is 0.232. The molecule has 3 rings (SSSR count). The van der Waals surface area contributed by atoms with E-state index in [9.17, 15) is 4.79 Å². The average Bonchev–Trinajstić information content (AvgIpc) is 2.63. The lowest BCUT2D eigenvalue weighted by molar-refractivity contribution is 0.0521. The van der Waals surface area contributed by atoms with E-state index in [1.54, 1.807) is 6.92 Å². The van der Waals surface area contributed by atoms with Gasteiger partial charge in [-0.2, -0.15) is 0 Å². The van der Waals surface area contributed by atoms with Crippen molar-refractivity contribution in [3.05, 3.63) is 64.8 Å². The number of rotatable bonds is 6. The molecule has 5 heteroatoms. The Kier molecular flexibility index (Phi) is 5.46. The molecular weight excluding hydrogens is 326 g/mol. The van der Waals surface area contributed by atoms with Gasteiger partial charge in [0.2, 0.25) is 0 Å². The summed E-state index contributed by atoms with van der Waals surface area (Å²) in [6, 6.07) is 14.1. The second-order valence-electron chi connectivity index (χ2n) is 6.23. The Balaban J connectivity index is 1.91. The zero-order chi connectivity index (χ0) is 18.5. The molecular formula is C21H23N3O2. The van der Waals surface area contributed by atoms with Gasteiger partial charge in [0.25, 0.3) is 0 Å². The standard InChI is InChI=1S/C21H23N3O2/c1-4-26-21(25)19-20(22-11-10-16-8-6-5-7-9-16)24-18-13-15(3)14(2)12-17(18)23-19/h5-9,12-13H,4,10-11H2,1-3H3,(H,22,24). The molecule has 1 aromatic heterocycles. The molecule has 2 aromatic carbocycles. The molecule has 0 amide bonds. The van der Waals surface area contributed by atoms with Crippen molar-refractivity contribution in [1.82, 2.24) is 9.97 Å². The van der Waals surface area contributed by atoms with Gasteiger partial charge in [-0.15, -0.1) is 0 Å². The molecule has 1 N–H and O–H groups in total. The van der Waals surface area contributed by atoms with Gasteiger partial charge in [-0.25, -0.2) is 14.8 Å². The largest absolute Gasteiger partial charge is 0.461 e. The number of aryl methyl sites for hydroxylation is 2. The third-order valence-corrected chi connectivity index (χ3v) is 4.30. The van der Waals surface area contributed by atoms with Crippen LogP contribution in [0.15, 0.2) is 42.5 Å². The molecule has 26 heavy (non-hydrogen) atoms. The summed E-state index contributed by atoms with van der Waals surface area (Å²) in [5.41, 5.74) is 5.18. The SMILES string of the molecule is CCOC(=O)c1nc2cc(C)c(C)cc2nc1NCCc1ccccc1. The normalized spacial score (nSPS) is 10.7.